The van der Waals surface area contributed by atoms with Crippen molar-refractivity contribution in [3.8, 4) is 11.3 Å². The molecule has 1 fully saturated rings. The summed E-state index contributed by atoms with van der Waals surface area (Å²) in [5.41, 5.74) is 14.9. The second-order valence-corrected chi connectivity index (χ2v) is 9.59. The number of nitrogens with zero attached hydrogens (tertiary/aromatic N) is 3. The van der Waals surface area contributed by atoms with Gasteiger partial charge in [-0.1, -0.05) is 61.5 Å². The number of rotatable bonds is 9. The Morgan fingerprint density at radius 3 is 2.47 bits per heavy atom. The number of nitrogens with two attached hydrogens (primary N) is 2. The van der Waals surface area contributed by atoms with E-state index in [0.29, 0.717) is 17.4 Å². The molecule has 0 atom stereocenters. The van der Waals surface area contributed by atoms with Crippen LogP contribution in [0.4, 0.5) is 5.82 Å². The molecule has 1 amide bonds. The smallest absolute Gasteiger partial charge is 0.254 e. The molecule has 2 heterocycles. The zero-order valence-electron chi connectivity index (χ0n) is 19.9. The fraction of sp³-hybridized carbons (Fsp3) is 0.462. The van der Waals surface area contributed by atoms with Crippen molar-refractivity contribution in [1.29, 1.82) is 0 Å². The van der Waals surface area contributed by atoms with E-state index in [1.54, 1.807) is 4.68 Å². The van der Waals surface area contributed by atoms with Crippen LogP contribution in [0.2, 0.25) is 0 Å². The van der Waals surface area contributed by atoms with Crippen LogP contribution in [0.5, 0.6) is 0 Å². The summed E-state index contributed by atoms with van der Waals surface area (Å²) in [6, 6.07) is 9.30. The highest BCUT2D eigenvalue weighted by atomic mass is 16.5. The Bertz CT molecular complexity index is 1150. The molecule has 1 saturated carbocycles. The number of Topliss-reactive ketones (excluding diaryl/α,β-unsaturated/α-hetero) is 1. The van der Waals surface area contributed by atoms with Gasteiger partial charge in [0.25, 0.3) is 5.91 Å². The van der Waals surface area contributed by atoms with Gasteiger partial charge in [0.2, 0.25) is 0 Å². The monoisotopic (exact) mass is 463 g/mol. The fourth-order valence-electron chi connectivity index (χ4n) is 4.77. The average molecular weight is 464 g/mol. The molecular formula is C26H33N5O3. The SMILES string of the molecule is CC(C)n1nc(-c2ccc(CC(=O)Cc3cc(CC4CCCCC4)no3)cc2)c(C(N)=O)c1N. The van der Waals surface area contributed by atoms with Crippen molar-refractivity contribution in [1.82, 2.24) is 14.9 Å². The second-order valence-electron chi connectivity index (χ2n) is 9.59. The van der Waals surface area contributed by atoms with E-state index in [0.717, 1.165) is 23.2 Å². The lowest BCUT2D eigenvalue weighted by Crippen LogP contribution is -2.15. The van der Waals surface area contributed by atoms with Crippen molar-refractivity contribution in [2.75, 3.05) is 5.73 Å². The molecule has 0 spiro atoms. The van der Waals surface area contributed by atoms with Crippen LogP contribution in [0.25, 0.3) is 11.3 Å². The van der Waals surface area contributed by atoms with E-state index < -0.39 is 5.91 Å². The number of nitrogen functional groups attached to an aromatic ring is 1. The van der Waals surface area contributed by atoms with Gasteiger partial charge in [0.1, 0.15) is 28.6 Å². The predicted octanol–water partition coefficient (Wildman–Crippen LogP) is 4.28. The number of carbonyl (C=O) groups excluding carboxylic acids is 2. The van der Waals surface area contributed by atoms with E-state index >= 15 is 0 Å². The van der Waals surface area contributed by atoms with E-state index in [9.17, 15) is 9.59 Å². The first-order valence-electron chi connectivity index (χ1n) is 12.0. The molecule has 0 radical (unpaired) electrons. The molecule has 34 heavy (non-hydrogen) atoms. The minimum Gasteiger partial charge on any atom is -0.383 e. The Balaban J connectivity index is 1.39. The van der Waals surface area contributed by atoms with Gasteiger partial charge >= 0.3 is 0 Å². The Morgan fingerprint density at radius 2 is 1.82 bits per heavy atom. The first-order chi connectivity index (χ1) is 16.3. The van der Waals surface area contributed by atoms with Gasteiger partial charge in [-0.15, -0.1) is 0 Å². The molecule has 0 bridgehead atoms. The van der Waals surface area contributed by atoms with Crippen LogP contribution < -0.4 is 11.5 Å². The summed E-state index contributed by atoms with van der Waals surface area (Å²) in [7, 11) is 0. The maximum absolute atomic E-state index is 12.6. The van der Waals surface area contributed by atoms with Crippen molar-refractivity contribution in [2.45, 2.75) is 71.3 Å². The maximum Gasteiger partial charge on any atom is 0.254 e. The van der Waals surface area contributed by atoms with Crippen LogP contribution in [-0.2, 0) is 24.1 Å². The van der Waals surface area contributed by atoms with E-state index in [4.69, 9.17) is 16.0 Å². The van der Waals surface area contributed by atoms with Gasteiger partial charge < -0.3 is 16.0 Å². The Morgan fingerprint density at radius 1 is 1.12 bits per heavy atom. The first kappa shape index (κ1) is 23.7. The first-order valence-corrected chi connectivity index (χ1v) is 12.0. The summed E-state index contributed by atoms with van der Waals surface area (Å²) >= 11 is 0. The fourth-order valence-corrected chi connectivity index (χ4v) is 4.77. The summed E-state index contributed by atoms with van der Waals surface area (Å²) < 4.78 is 7.01. The number of hydrogen-bond acceptors (Lipinski definition) is 6. The molecule has 2 aromatic heterocycles. The summed E-state index contributed by atoms with van der Waals surface area (Å²) in [5.74, 6) is 0.992. The molecule has 1 aliphatic carbocycles. The largest absolute Gasteiger partial charge is 0.383 e. The van der Waals surface area contributed by atoms with Gasteiger partial charge in [-0.05, 0) is 31.7 Å². The highest BCUT2D eigenvalue weighted by Gasteiger charge is 2.23. The summed E-state index contributed by atoms with van der Waals surface area (Å²) in [6.07, 6.45) is 7.86. The standard InChI is InChI=1S/C26H33N5O3/c1-16(2)31-25(27)23(26(28)33)24(29-31)19-10-8-18(9-11-19)13-21(32)15-22-14-20(30-34-22)12-17-6-4-3-5-7-17/h8-11,14,16-17H,3-7,12-13,15,27H2,1-2H3,(H2,28,33). The number of aromatic nitrogens is 3. The molecule has 180 valence electrons. The number of amides is 1. The number of benzene rings is 1. The topological polar surface area (TPSA) is 130 Å². The Labute approximate surface area is 199 Å². The minimum atomic E-state index is -0.617. The van der Waals surface area contributed by atoms with Crippen molar-refractivity contribution < 1.29 is 14.1 Å². The summed E-state index contributed by atoms with van der Waals surface area (Å²) in [5, 5.41) is 8.67. The third-order valence-electron chi connectivity index (χ3n) is 6.51. The highest BCUT2D eigenvalue weighted by Crippen LogP contribution is 2.29. The third kappa shape index (κ3) is 5.38. The molecule has 0 unspecified atom stereocenters. The molecule has 0 aliphatic heterocycles. The molecule has 4 N–H and O–H groups in total. The van der Waals surface area contributed by atoms with Crippen molar-refractivity contribution in [2.24, 2.45) is 11.7 Å². The lowest BCUT2D eigenvalue weighted by atomic mass is 9.86. The van der Waals surface area contributed by atoms with Crippen LogP contribution in [0.15, 0.2) is 34.9 Å². The van der Waals surface area contributed by atoms with Gasteiger partial charge in [0.15, 0.2) is 0 Å². The molecule has 0 saturated heterocycles. The van der Waals surface area contributed by atoms with E-state index in [2.05, 4.69) is 10.3 Å². The zero-order chi connectivity index (χ0) is 24.2. The molecule has 1 aliphatic rings. The van der Waals surface area contributed by atoms with Gasteiger partial charge in [-0.25, -0.2) is 4.68 Å². The van der Waals surface area contributed by atoms with Crippen LogP contribution in [-0.4, -0.2) is 26.6 Å². The molecule has 1 aromatic carbocycles. The van der Waals surface area contributed by atoms with E-state index in [1.807, 2.05) is 44.2 Å². The predicted molar refractivity (Wildman–Crippen MR) is 130 cm³/mol. The van der Waals surface area contributed by atoms with Crippen molar-refractivity contribution in [3.63, 3.8) is 0 Å². The molecular weight excluding hydrogens is 430 g/mol. The lowest BCUT2D eigenvalue weighted by Gasteiger charge is -2.19. The van der Waals surface area contributed by atoms with Crippen LogP contribution in [0, 0.1) is 5.92 Å². The molecule has 3 aromatic rings. The number of ketones is 1. The maximum atomic E-state index is 12.6. The normalized spacial score (nSPS) is 14.6. The lowest BCUT2D eigenvalue weighted by molar-refractivity contribution is -0.118. The third-order valence-corrected chi connectivity index (χ3v) is 6.51. The van der Waals surface area contributed by atoms with Gasteiger partial charge in [-0.2, -0.15) is 5.10 Å². The van der Waals surface area contributed by atoms with E-state index in [-0.39, 0.29) is 36.0 Å². The second kappa shape index (κ2) is 10.2. The average Bonchev–Trinajstić information content (AvgIpc) is 3.38. The van der Waals surface area contributed by atoms with Gasteiger partial charge in [0.05, 0.1) is 12.1 Å². The molecule has 8 nitrogen and oxygen atoms in total. The number of hydrogen-bond donors (Lipinski definition) is 2. The summed E-state index contributed by atoms with van der Waals surface area (Å²) in [6.45, 7) is 3.86. The number of anilines is 1. The number of primary amides is 1. The van der Waals surface area contributed by atoms with Crippen LogP contribution in [0.1, 0.15) is 79.4 Å². The molecule has 4 rings (SSSR count). The molecule has 8 heteroatoms. The van der Waals surface area contributed by atoms with Crippen molar-refractivity contribution >= 4 is 17.5 Å². The van der Waals surface area contributed by atoms with Gasteiger partial charge in [0, 0.05) is 24.1 Å². The van der Waals surface area contributed by atoms with Crippen molar-refractivity contribution in [3.05, 3.63) is 52.9 Å². The van der Waals surface area contributed by atoms with E-state index in [1.165, 1.54) is 32.1 Å². The zero-order valence-corrected chi connectivity index (χ0v) is 19.9. The minimum absolute atomic E-state index is 0.0111. The highest BCUT2D eigenvalue weighted by molar-refractivity contribution is 6.03. The Kier molecular flexibility index (Phi) is 7.14. The van der Waals surface area contributed by atoms with Crippen LogP contribution >= 0.6 is 0 Å². The van der Waals surface area contributed by atoms with Gasteiger partial charge in [-0.3, -0.25) is 9.59 Å². The Hall–Kier alpha value is -3.42. The quantitative estimate of drug-likeness (QED) is 0.487. The summed E-state index contributed by atoms with van der Waals surface area (Å²) in [4.78, 5) is 24.6. The van der Waals surface area contributed by atoms with Crippen LogP contribution in [0.3, 0.4) is 0 Å². The number of carbonyl (C=O) groups is 2.